The average molecular weight is 371 g/mol. The Bertz CT molecular complexity index is 816. The third-order valence-corrected chi connectivity index (χ3v) is 5.83. The van der Waals surface area contributed by atoms with Crippen molar-refractivity contribution in [2.24, 2.45) is 7.05 Å². The number of pyridine rings is 1. The van der Waals surface area contributed by atoms with Crippen LogP contribution in [0.5, 0.6) is 5.88 Å². The Labute approximate surface area is 146 Å². The van der Waals surface area contributed by atoms with E-state index < -0.39 is 10.0 Å². The molecule has 1 N–H and O–H groups in total. The molecule has 1 aliphatic carbocycles. The standard InChI is InChI=1S/C15H19ClN4O3S/c1-20-10-18-15(14(20)16)24(21,22)19-9-11-6-7-17-13(8-11)23-12-4-2-3-5-12/h6-8,10,12,19H,2-5,9H2,1H3. The minimum atomic E-state index is -3.78. The van der Waals surface area contributed by atoms with E-state index in [0.29, 0.717) is 5.88 Å². The first-order chi connectivity index (χ1) is 11.5. The molecule has 2 heterocycles. The molecule has 2 aromatic heterocycles. The van der Waals surface area contributed by atoms with Crippen LogP contribution >= 0.6 is 11.6 Å². The summed E-state index contributed by atoms with van der Waals surface area (Å²) in [5.41, 5.74) is 0.758. The summed E-state index contributed by atoms with van der Waals surface area (Å²) < 4.78 is 34.3. The van der Waals surface area contributed by atoms with E-state index in [4.69, 9.17) is 16.3 Å². The first kappa shape index (κ1) is 17.2. The third kappa shape index (κ3) is 3.88. The number of hydrogen-bond donors (Lipinski definition) is 1. The molecule has 0 atom stereocenters. The van der Waals surface area contributed by atoms with Crippen LogP contribution in [0.4, 0.5) is 0 Å². The van der Waals surface area contributed by atoms with E-state index in [-0.39, 0.29) is 22.8 Å². The summed E-state index contributed by atoms with van der Waals surface area (Å²) in [6.45, 7) is 0.110. The average Bonchev–Trinajstić information content (AvgIpc) is 3.17. The smallest absolute Gasteiger partial charge is 0.261 e. The van der Waals surface area contributed by atoms with Gasteiger partial charge in [0.2, 0.25) is 10.9 Å². The van der Waals surface area contributed by atoms with Crippen LogP contribution in [0.15, 0.2) is 29.7 Å². The molecule has 1 saturated carbocycles. The maximum absolute atomic E-state index is 12.3. The molecule has 130 valence electrons. The Morgan fingerprint density at radius 2 is 2.12 bits per heavy atom. The molecule has 0 radical (unpaired) electrons. The van der Waals surface area contributed by atoms with Crippen molar-refractivity contribution in [3.8, 4) is 5.88 Å². The van der Waals surface area contributed by atoms with Crippen molar-refractivity contribution in [1.29, 1.82) is 0 Å². The Kier molecular flexibility index (Phi) is 5.07. The van der Waals surface area contributed by atoms with Gasteiger partial charge in [-0.2, -0.15) is 0 Å². The molecule has 2 aromatic rings. The van der Waals surface area contributed by atoms with Crippen LogP contribution in [0.25, 0.3) is 0 Å². The highest BCUT2D eigenvalue weighted by atomic mass is 35.5. The highest BCUT2D eigenvalue weighted by Gasteiger charge is 2.22. The fourth-order valence-corrected chi connectivity index (χ4v) is 4.06. The highest BCUT2D eigenvalue weighted by molar-refractivity contribution is 7.89. The van der Waals surface area contributed by atoms with Gasteiger partial charge in [0, 0.05) is 25.9 Å². The summed E-state index contributed by atoms with van der Waals surface area (Å²) >= 11 is 5.95. The van der Waals surface area contributed by atoms with Crippen molar-refractivity contribution in [2.75, 3.05) is 0 Å². The van der Waals surface area contributed by atoms with Crippen LogP contribution in [0.2, 0.25) is 5.15 Å². The van der Waals surface area contributed by atoms with Crippen molar-refractivity contribution in [3.05, 3.63) is 35.4 Å². The molecule has 0 aliphatic heterocycles. The van der Waals surface area contributed by atoms with Crippen LogP contribution in [0, 0.1) is 0 Å². The summed E-state index contributed by atoms with van der Waals surface area (Å²) in [4.78, 5) is 8.02. The Morgan fingerprint density at radius 1 is 1.38 bits per heavy atom. The van der Waals surface area contributed by atoms with Gasteiger partial charge in [0.1, 0.15) is 11.3 Å². The molecule has 0 spiro atoms. The number of hydrogen-bond acceptors (Lipinski definition) is 5. The zero-order chi connectivity index (χ0) is 17.2. The predicted octanol–water partition coefficient (Wildman–Crippen LogP) is 2.27. The Balaban J connectivity index is 1.66. The van der Waals surface area contributed by atoms with Crippen LogP contribution in [-0.4, -0.2) is 29.1 Å². The second-order valence-electron chi connectivity index (χ2n) is 5.80. The molecule has 0 bridgehead atoms. The fourth-order valence-electron chi connectivity index (χ4n) is 2.62. The molecule has 1 aliphatic rings. The fraction of sp³-hybridized carbons (Fsp3) is 0.467. The molecule has 24 heavy (non-hydrogen) atoms. The first-order valence-corrected chi connectivity index (χ1v) is 9.60. The number of aryl methyl sites for hydroxylation is 1. The largest absolute Gasteiger partial charge is 0.474 e. The molecule has 0 aromatic carbocycles. The maximum Gasteiger partial charge on any atom is 0.261 e. The summed E-state index contributed by atoms with van der Waals surface area (Å²) in [7, 11) is -2.15. The van der Waals surface area contributed by atoms with E-state index in [9.17, 15) is 8.42 Å². The van der Waals surface area contributed by atoms with Crippen molar-refractivity contribution in [3.63, 3.8) is 0 Å². The number of halogens is 1. The van der Waals surface area contributed by atoms with Crippen molar-refractivity contribution in [1.82, 2.24) is 19.3 Å². The second kappa shape index (κ2) is 7.08. The van der Waals surface area contributed by atoms with Gasteiger partial charge >= 0.3 is 0 Å². The highest BCUT2D eigenvalue weighted by Crippen LogP contribution is 2.23. The van der Waals surface area contributed by atoms with E-state index in [1.807, 2.05) is 0 Å². The summed E-state index contributed by atoms with van der Waals surface area (Å²) in [6, 6.07) is 3.49. The van der Waals surface area contributed by atoms with Crippen LogP contribution in [-0.2, 0) is 23.6 Å². The monoisotopic (exact) mass is 370 g/mol. The summed E-state index contributed by atoms with van der Waals surface area (Å²) in [5, 5.41) is -0.106. The minimum absolute atomic E-state index is 0.0717. The lowest BCUT2D eigenvalue weighted by atomic mass is 10.2. The van der Waals surface area contributed by atoms with Gasteiger partial charge in [-0.25, -0.2) is 23.1 Å². The predicted molar refractivity (Wildman–Crippen MR) is 89.4 cm³/mol. The van der Waals surface area contributed by atoms with E-state index >= 15 is 0 Å². The van der Waals surface area contributed by atoms with Gasteiger partial charge in [-0.15, -0.1) is 0 Å². The number of imidazole rings is 1. The lowest BCUT2D eigenvalue weighted by molar-refractivity contribution is 0.201. The van der Waals surface area contributed by atoms with Crippen LogP contribution in [0.1, 0.15) is 31.2 Å². The zero-order valence-corrected chi connectivity index (χ0v) is 14.8. The van der Waals surface area contributed by atoms with Gasteiger partial charge in [0.15, 0.2) is 0 Å². The molecule has 7 nitrogen and oxygen atoms in total. The zero-order valence-electron chi connectivity index (χ0n) is 13.3. The minimum Gasteiger partial charge on any atom is -0.474 e. The Morgan fingerprint density at radius 3 is 2.79 bits per heavy atom. The SMILES string of the molecule is Cn1cnc(S(=O)(=O)NCc2ccnc(OC3CCCC3)c2)c1Cl. The lowest BCUT2D eigenvalue weighted by Crippen LogP contribution is -2.24. The van der Waals surface area contributed by atoms with Crippen molar-refractivity contribution >= 4 is 21.6 Å². The molecule has 0 saturated heterocycles. The second-order valence-corrected chi connectivity index (χ2v) is 7.84. The maximum atomic E-state index is 12.3. The molecule has 3 rings (SSSR count). The molecule has 0 unspecified atom stereocenters. The molecular formula is C15H19ClN4O3S. The lowest BCUT2D eigenvalue weighted by Gasteiger charge is -2.12. The van der Waals surface area contributed by atoms with Crippen LogP contribution in [0.3, 0.4) is 0 Å². The first-order valence-electron chi connectivity index (χ1n) is 7.74. The van der Waals surface area contributed by atoms with E-state index in [0.717, 1.165) is 18.4 Å². The number of nitrogens with one attached hydrogen (secondary N) is 1. The van der Waals surface area contributed by atoms with Gasteiger partial charge < -0.3 is 9.30 Å². The van der Waals surface area contributed by atoms with Gasteiger partial charge in [-0.3, -0.25) is 0 Å². The number of nitrogens with zero attached hydrogens (tertiary/aromatic N) is 3. The van der Waals surface area contributed by atoms with Gasteiger partial charge in [0.25, 0.3) is 10.0 Å². The van der Waals surface area contributed by atoms with Crippen molar-refractivity contribution in [2.45, 2.75) is 43.4 Å². The van der Waals surface area contributed by atoms with Gasteiger partial charge in [-0.05, 0) is 37.3 Å². The quantitative estimate of drug-likeness (QED) is 0.842. The van der Waals surface area contributed by atoms with Gasteiger partial charge in [0.05, 0.1) is 6.33 Å². The van der Waals surface area contributed by atoms with Gasteiger partial charge in [-0.1, -0.05) is 11.6 Å². The van der Waals surface area contributed by atoms with Crippen LogP contribution < -0.4 is 9.46 Å². The van der Waals surface area contributed by atoms with Crippen molar-refractivity contribution < 1.29 is 13.2 Å². The normalized spacial score (nSPS) is 15.8. The number of aromatic nitrogens is 3. The molecule has 0 amide bonds. The molecule has 1 fully saturated rings. The number of ether oxygens (including phenoxy) is 1. The summed E-state index contributed by atoms with van der Waals surface area (Å²) in [6.07, 6.45) is 7.60. The summed E-state index contributed by atoms with van der Waals surface area (Å²) in [5.74, 6) is 0.523. The van der Waals surface area contributed by atoms with E-state index in [1.165, 1.54) is 23.7 Å². The molecular weight excluding hydrogens is 352 g/mol. The Hall–Kier alpha value is -1.64. The van der Waals surface area contributed by atoms with E-state index in [1.54, 1.807) is 25.4 Å². The number of sulfonamides is 1. The third-order valence-electron chi connectivity index (χ3n) is 3.94. The van der Waals surface area contributed by atoms with E-state index in [2.05, 4.69) is 14.7 Å². The molecule has 9 heteroatoms. The topological polar surface area (TPSA) is 86.1 Å². The number of rotatable bonds is 6.